The summed E-state index contributed by atoms with van der Waals surface area (Å²) in [6.45, 7) is 4.09. The standard InChI is InChI=1S/C58H94NO8P/c1-6-8-10-12-14-16-18-20-22-24-25-26-27-28-29-30-31-32-33-35-37-39-41-43-45-47-49-51-58(61)67-56(55-66-68(62,63)65-53-52-59(3,4)5)54-64-57(60)50-48-46-44-42-40-38-36-34-23-21-19-17-15-13-11-9-7-2/h8-11,14-17,20-23,25-26,28-29,31-32,36,38,42,44,56H,6-7,12-13,18-19,24,27,30,33-35,37,39-41,43,45-55H2,1-5H3/p+1/b10-8-,11-9-,16-14-,17-15-,22-20-,23-21-,26-25-,29-28-,32-31-,38-36-,44-42-. The van der Waals surface area contributed by atoms with Crippen molar-refractivity contribution in [3.8, 4) is 0 Å². The first-order chi connectivity index (χ1) is 33.0. The fourth-order valence-corrected chi connectivity index (χ4v) is 6.97. The smallest absolute Gasteiger partial charge is 0.462 e. The maximum Gasteiger partial charge on any atom is 0.472 e. The second-order valence-corrected chi connectivity index (χ2v) is 19.2. The Bertz CT molecular complexity index is 1610. The number of rotatable bonds is 45. The largest absolute Gasteiger partial charge is 0.472 e. The van der Waals surface area contributed by atoms with Gasteiger partial charge in [-0.1, -0.05) is 186 Å². The van der Waals surface area contributed by atoms with E-state index in [1.54, 1.807) is 0 Å². The van der Waals surface area contributed by atoms with Crippen molar-refractivity contribution in [2.24, 2.45) is 0 Å². The summed E-state index contributed by atoms with van der Waals surface area (Å²) in [5, 5.41) is 0. The summed E-state index contributed by atoms with van der Waals surface area (Å²) in [6.07, 6.45) is 69.4. The van der Waals surface area contributed by atoms with E-state index in [2.05, 4.69) is 148 Å². The lowest BCUT2D eigenvalue weighted by Crippen LogP contribution is -2.37. The van der Waals surface area contributed by atoms with E-state index < -0.39 is 32.5 Å². The molecule has 0 spiro atoms. The van der Waals surface area contributed by atoms with Gasteiger partial charge < -0.3 is 18.9 Å². The zero-order chi connectivity index (χ0) is 49.9. The molecule has 0 rings (SSSR count). The van der Waals surface area contributed by atoms with Crippen LogP contribution in [0.1, 0.15) is 168 Å². The lowest BCUT2D eigenvalue weighted by atomic mass is 10.1. The molecule has 2 unspecified atom stereocenters. The molecule has 68 heavy (non-hydrogen) atoms. The van der Waals surface area contributed by atoms with Crippen LogP contribution >= 0.6 is 7.82 Å². The van der Waals surface area contributed by atoms with Gasteiger partial charge in [0.1, 0.15) is 19.8 Å². The van der Waals surface area contributed by atoms with E-state index in [-0.39, 0.29) is 26.1 Å². The molecule has 0 aromatic heterocycles. The summed E-state index contributed by atoms with van der Waals surface area (Å²) in [7, 11) is 1.42. The number of phosphoric ester groups is 1. The van der Waals surface area contributed by atoms with Crippen LogP contribution in [0.15, 0.2) is 134 Å². The van der Waals surface area contributed by atoms with Crippen molar-refractivity contribution in [2.45, 2.75) is 174 Å². The van der Waals surface area contributed by atoms with E-state index in [1.807, 2.05) is 21.1 Å². The highest BCUT2D eigenvalue weighted by atomic mass is 31.2. The van der Waals surface area contributed by atoms with Gasteiger partial charge in [-0.2, -0.15) is 0 Å². The monoisotopic (exact) mass is 965 g/mol. The van der Waals surface area contributed by atoms with Crippen molar-refractivity contribution < 1.29 is 42.1 Å². The second-order valence-electron chi connectivity index (χ2n) is 17.8. The van der Waals surface area contributed by atoms with Crippen molar-refractivity contribution in [1.82, 2.24) is 0 Å². The van der Waals surface area contributed by atoms with Gasteiger partial charge in [0.2, 0.25) is 0 Å². The Morgan fingerprint density at radius 1 is 0.456 bits per heavy atom. The number of nitrogens with zero attached hydrogens (tertiary/aromatic N) is 1. The lowest BCUT2D eigenvalue weighted by molar-refractivity contribution is -0.870. The number of hydrogen-bond donors (Lipinski definition) is 1. The zero-order valence-electron chi connectivity index (χ0n) is 43.3. The number of likely N-dealkylation sites (N-methyl/N-ethyl adjacent to an activating group) is 1. The quantitative estimate of drug-likeness (QED) is 0.0211. The second kappa shape index (κ2) is 48.2. The number of unbranched alkanes of at least 4 members (excludes halogenated alkanes) is 9. The van der Waals surface area contributed by atoms with Crippen LogP contribution in [-0.2, 0) is 32.7 Å². The molecule has 10 heteroatoms. The van der Waals surface area contributed by atoms with Gasteiger partial charge in [-0.15, -0.1) is 0 Å². The summed E-state index contributed by atoms with van der Waals surface area (Å²) in [6, 6.07) is 0. The first-order valence-electron chi connectivity index (χ1n) is 25.9. The molecule has 384 valence electrons. The molecule has 0 bridgehead atoms. The van der Waals surface area contributed by atoms with Crippen molar-refractivity contribution in [1.29, 1.82) is 0 Å². The number of ether oxygens (including phenoxy) is 2. The summed E-state index contributed by atoms with van der Waals surface area (Å²) < 4.78 is 34.4. The average molecular weight is 965 g/mol. The third-order valence-corrected chi connectivity index (χ3v) is 11.2. The Hall–Kier alpha value is -3.85. The molecule has 0 saturated heterocycles. The zero-order valence-corrected chi connectivity index (χ0v) is 44.2. The van der Waals surface area contributed by atoms with Crippen molar-refractivity contribution in [3.05, 3.63) is 134 Å². The topological polar surface area (TPSA) is 108 Å². The molecular formula is C58H95NO8P+. The molecule has 2 atom stereocenters. The van der Waals surface area contributed by atoms with Gasteiger partial charge in [0, 0.05) is 12.8 Å². The summed E-state index contributed by atoms with van der Waals surface area (Å²) in [5.74, 6) is -0.889. The first-order valence-corrected chi connectivity index (χ1v) is 27.4. The van der Waals surface area contributed by atoms with E-state index in [0.717, 1.165) is 103 Å². The molecule has 9 nitrogen and oxygen atoms in total. The first kappa shape index (κ1) is 64.2. The minimum Gasteiger partial charge on any atom is -0.462 e. The summed E-state index contributed by atoms with van der Waals surface area (Å²) in [5.41, 5.74) is 0. The molecule has 0 heterocycles. The Morgan fingerprint density at radius 3 is 1.22 bits per heavy atom. The van der Waals surface area contributed by atoms with Crippen LogP contribution in [0.3, 0.4) is 0 Å². The predicted molar refractivity (Wildman–Crippen MR) is 288 cm³/mol. The van der Waals surface area contributed by atoms with Crippen molar-refractivity contribution in [3.63, 3.8) is 0 Å². The van der Waals surface area contributed by atoms with E-state index in [9.17, 15) is 19.0 Å². The fourth-order valence-electron chi connectivity index (χ4n) is 6.23. The Kier molecular flexibility index (Phi) is 45.5. The number of quaternary nitrogens is 1. The van der Waals surface area contributed by atoms with Gasteiger partial charge in [-0.25, -0.2) is 4.57 Å². The molecule has 1 N–H and O–H groups in total. The molecule has 0 aliphatic rings. The number of esters is 2. The van der Waals surface area contributed by atoms with Gasteiger partial charge in [0.05, 0.1) is 27.7 Å². The van der Waals surface area contributed by atoms with Gasteiger partial charge >= 0.3 is 19.8 Å². The van der Waals surface area contributed by atoms with Crippen LogP contribution in [0.25, 0.3) is 0 Å². The fraction of sp³-hybridized carbons (Fsp3) is 0.586. The van der Waals surface area contributed by atoms with Crippen molar-refractivity contribution >= 4 is 19.8 Å². The molecule has 0 fully saturated rings. The van der Waals surface area contributed by atoms with Crippen LogP contribution < -0.4 is 0 Å². The number of hydrogen-bond acceptors (Lipinski definition) is 7. The minimum absolute atomic E-state index is 0.0128. The molecule has 0 radical (unpaired) electrons. The number of carbonyl (C=O) groups is 2. The average Bonchev–Trinajstić information content (AvgIpc) is 3.30. The molecule has 0 aromatic rings. The van der Waals surface area contributed by atoms with Crippen molar-refractivity contribution in [2.75, 3.05) is 47.5 Å². The minimum atomic E-state index is -4.41. The van der Waals surface area contributed by atoms with Gasteiger partial charge in [-0.3, -0.25) is 18.6 Å². The van der Waals surface area contributed by atoms with Gasteiger partial charge in [0.15, 0.2) is 6.10 Å². The van der Waals surface area contributed by atoms with E-state index in [4.69, 9.17) is 18.5 Å². The van der Waals surface area contributed by atoms with Crippen LogP contribution in [0.4, 0.5) is 0 Å². The molecule has 0 amide bonds. The molecule has 0 aromatic carbocycles. The lowest BCUT2D eigenvalue weighted by Gasteiger charge is -2.24. The number of carbonyl (C=O) groups excluding carboxylic acids is 2. The normalized spacial score (nSPS) is 14.5. The molecule has 0 aliphatic carbocycles. The Balaban J connectivity index is 4.35. The Labute approximate surface area is 415 Å². The Morgan fingerprint density at radius 2 is 0.809 bits per heavy atom. The maximum atomic E-state index is 12.8. The van der Waals surface area contributed by atoms with E-state index in [1.165, 1.54) is 25.7 Å². The predicted octanol–water partition coefficient (Wildman–Crippen LogP) is 15.8. The van der Waals surface area contributed by atoms with Gasteiger partial charge in [-0.05, 0) is 103 Å². The molecule has 0 saturated carbocycles. The van der Waals surface area contributed by atoms with E-state index in [0.29, 0.717) is 23.9 Å². The highest BCUT2D eigenvalue weighted by Gasteiger charge is 2.27. The third kappa shape index (κ3) is 51.5. The highest BCUT2D eigenvalue weighted by molar-refractivity contribution is 7.47. The van der Waals surface area contributed by atoms with Gasteiger partial charge in [0.25, 0.3) is 0 Å². The van der Waals surface area contributed by atoms with Crippen LogP contribution in [0.5, 0.6) is 0 Å². The maximum absolute atomic E-state index is 12.8. The van der Waals surface area contributed by atoms with Crippen LogP contribution in [0.2, 0.25) is 0 Å². The van der Waals surface area contributed by atoms with Crippen LogP contribution in [-0.4, -0.2) is 74.9 Å². The van der Waals surface area contributed by atoms with E-state index >= 15 is 0 Å². The summed E-state index contributed by atoms with van der Waals surface area (Å²) >= 11 is 0. The summed E-state index contributed by atoms with van der Waals surface area (Å²) in [4.78, 5) is 35.5. The number of allylic oxidation sites excluding steroid dienone is 22. The molecule has 0 aliphatic heterocycles. The number of phosphoric acid groups is 1. The molecular weight excluding hydrogens is 870 g/mol. The third-order valence-electron chi connectivity index (χ3n) is 10.2. The van der Waals surface area contributed by atoms with Crippen LogP contribution in [0, 0.1) is 0 Å². The highest BCUT2D eigenvalue weighted by Crippen LogP contribution is 2.43. The SMILES string of the molecule is CC/C=C\C/C=C\C/C=C\C/C=C\C/C=C\C/C=C\CCCCCCCCCCC(=O)OC(COC(=O)CCC/C=C\C/C=C\C/C=C\C/C=C\C/C=C\CC)COP(=O)(O)OCC[N+](C)(C)C.